The van der Waals surface area contributed by atoms with Crippen LogP contribution in [0.2, 0.25) is 5.02 Å². The second kappa shape index (κ2) is 9.12. The Labute approximate surface area is 194 Å². The van der Waals surface area contributed by atoms with Gasteiger partial charge in [0.2, 0.25) is 5.91 Å². The number of benzene rings is 2. The molecule has 0 aromatic heterocycles. The highest BCUT2D eigenvalue weighted by Crippen LogP contribution is 2.46. The summed E-state index contributed by atoms with van der Waals surface area (Å²) in [6, 6.07) is 16.0. The van der Waals surface area contributed by atoms with Gasteiger partial charge in [-0.3, -0.25) is 4.79 Å². The Kier molecular flexibility index (Phi) is 6.86. The molecule has 6 nitrogen and oxygen atoms in total. The number of ether oxygens (including phenoxy) is 1. The number of likely N-dealkylation sites (tertiary alicyclic amines) is 1. The van der Waals surface area contributed by atoms with E-state index in [0.717, 1.165) is 5.56 Å². The van der Waals surface area contributed by atoms with Crippen LogP contribution < -0.4 is 10.1 Å². The van der Waals surface area contributed by atoms with Crippen LogP contribution in [0.4, 0.5) is 4.79 Å². The maximum absolute atomic E-state index is 13.1. The van der Waals surface area contributed by atoms with Gasteiger partial charge in [0.05, 0.1) is 5.60 Å². The standard InChI is InChI=1S/C25H31ClN2O4/c1-23(2)17-28(15-14-25(23,31)18-10-12-19(26)13-11-18)21(29)16-24(3,4)27-22(30)32-20-8-6-5-7-9-20/h5-13,31H,14-17H2,1-4H3,(H,27,30). The number of carbonyl (C=O) groups excluding carboxylic acids is 2. The van der Waals surface area contributed by atoms with Crippen molar-refractivity contribution in [1.29, 1.82) is 0 Å². The summed E-state index contributed by atoms with van der Waals surface area (Å²) < 4.78 is 5.28. The van der Waals surface area contributed by atoms with Crippen molar-refractivity contribution in [3.63, 3.8) is 0 Å². The molecule has 1 atom stereocenters. The van der Waals surface area contributed by atoms with Gasteiger partial charge < -0.3 is 20.1 Å². The minimum Gasteiger partial charge on any atom is -0.410 e. The molecule has 2 N–H and O–H groups in total. The van der Waals surface area contributed by atoms with E-state index in [0.29, 0.717) is 30.3 Å². The first-order chi connectivity index (χ1) is 14.9. The maximum atomic E-state index is 13.1. The molecule has 0 bridgehead atoms. The van der Waals surface area contributed by atoms with E-state index in [1.54, 1.807) is 55.1 Å². The van der Waals surface area contributed by atoms with Crippen LogP contribution in [-0.2, 0) is 10.4 Å². The smallest absolute Gasteiger partial charge is 0.410 e. The van der Waals surface area contributed by atoms with Gasteiger partial charge in [-0.25, -0.2) is 4.79 Å². The number of hydrogen-bond donors (Lipinski definition) is 2. The van der Waals surface area contributed by atoms with Gasteiger partial charge in [-0.2, -0.15) is 0 Å². The number of amides is 2. The number of carbonyl (C=O) groups is 2. The number of aliphatic hydroxyl groups is 1. The number of para-hydroxylation sites is 1. The van der Waals surface area contributed by atoms with Gasteiger partial charge in [-0.05, 0) is 50.1 Å². The first kappa shape index (κ1) is 24.1. The van der Waals surface area contributed by atoms with Crippen molar-refractivity contribution < 1.29 is 19.4 Å². The second-order valence-electron chi connectivity index (χ2n) is 9.70. The third-order valence-electron chi connectivity index (χ3n) is 6.11. The molecular formula is C25H31ClN2O4. The van der Waals surface area contributed by atoms with Crippen LogP contribution in [-0.4, -0.2) is 40.6 Å². The van der Waals surface area contributed by atoms with Gasteiger partial charge in [0, 0.05) is 35.5 Å². The lowest BCUT2D eigenvalue weighted by molar-refractivity contribution is -0.154. The first-order valence-corrected chi connectivity index (χ1v) is 11.1. The van der Waals surface area contributed by atoms with Crippen molar-refractivity contribution in [3.8, 4) is 5.75 Å². The van der Waals surface area contributed by atoms with Gasteiger partial charge in [0.25, 0.3) is 0 Å². The number of nitrogens with zero attached hydrogens (tertiary/aromatic N) is 1. The molecule has 2 aromatic rings. The zero-order valence-corrected chi connectivity index (χ0v) is 19.8. The van der Waals surface area contributed by atoms with Gasteiger partial charge in [-0.15, -0.1) is 0 Å². The molecule has 0 saturated carbocycles. The molecule has 0 spiro atoms. The average molecular weight is 459 g/mol. The third kappa shape index (κ3) is 5.43. The van der Waals surface area contributed by atoms with E-state index < -0.39 is 22.6 Å². The molecule has 32 heavy (non-hydrogen) atoms. The van der Waals surface area contributed by atoms with Gasteiger partial charge >= 0.3 is 6.09 Å². The van der Waals surface area contributed by atoms with Crippen LogP contribution in [0.15, 0.2) is 54.6 Å². The Morgan fingerprint density at radius 3 is 2.34 bits per heavy atom. The fourth-order valence-electron chi connectivity index (χ4n) is 4.23. The summed E-state index contributed by atoms with van der Waals surface area (Å²) >= 11 is 6.00. The summed E-state index contributed by atoms with van der Waals surface area (Å²) in [6.45, 7) is 8.32. The molecule has 1 fully saturated rings. The topological polar surface area (TPSA) is 78.9 Å². The van der Waals surface area contributed by atoms with E-state index in [4.69, 9.17) is 16.3 Å². The molecule has 3 rings (SSSR count). The lowest BCUT2D eigenvalue weighted by Gasteiger charge is -2.51. The molecule has 1 unspecified atom stereocenters. The van der Waals surface area contributed by atoms with Crippen LogP contribution in [0.25, 0.3) is 0 Å². The number of piperidine rings is 1. The summed E-state index contributed by atoms with van der Waals surface area (Å²) in [4.78, 5) is 27.1. The predicted octanol–water partition coefficient (Wildman–Crippen LogP) is 4.74. The van der Waals surface area contributed by atoms with E-state index >= 15 is 0 Å². The predicted molar refractivity (Wildman–Crippen MR) is 125 cm³/mol. The van der Waals surface area contributed by atoms with Crippen LogP contribution in [0, 0.1) is 5.41 Å². The van der Waals surface area contributed by atoms with Gasteiger partial charge in [-0.1, -0.05) is 55.8 Å². The van der Waals surface area contributed by atoms with Gasteiger partial charge in [0.1, 0.15) is 5.75 Å². The van der Waals surface area contributed by atoms with Crippen molar-refractivity contribution in [2.24, 2.45) is 5.41 Å². The summed E-state index contributed by atoms with van der Waals surface area (Å²) in [5.74, 6) is 0.354. The Morgan fingerprint density at radius 1 is 1.12 bits per heavy atom. The highest BCUT2D eigenvalue weighted by molar-refractivity contribution is 6.30. The Bertz CT molecular complexity index is 960. The normalized spacial score (nSPS) is 20.5. The molecule has 172 valence electrons. The monoisotopic (exact) mass is 458 g/mol. The Morgan fingerprint density at radius 2 is 1.75 bits per heavy atom. The highest BCUT2D eigenvalue weighted by Gasteiger charge is 2.49. The van der Waals surface area contributed by atoms with E-state index in [1.807, 2.05) is 32.0 Å². The summed E-state index contributed by atoms with van der Waals surface area (Å²) in [5.41, 5.74) is -1.64. The van der Waals surface area contributed by atoms with Crippen molar-refractivity contribution in [1.82, 2.24) is 10.2 Å². The van der Waals surface area contributed by atoms with E-state index in [1.165, 1.54) is 0 Å². The average Bonchev–Trinajstić information content (AvgIpc) is 2.70. The summed E-state index contributed by atoms with van der Waals surface area (Å²) in [6.07, 6.45) is -0.0750. The second-order valence-corrected chi connectivity index (χ2v) is 10.1. The van der Waals surface area contributed by atoms with Gasteiger partial charge in [0.15, 0.2) is 0 Å². The fourth-order valence-corrected chi connectivity index (χ4v) is 4.35. The van der Waals surface area contributed by atoms with E-state index in [9.17, 15) is 14.7 Å². The van der Waals surface area contributed by atoms with Crippen molar-refractivity contribution in [2.75, 3.05) is 13.1 Å². The Balaban J connectivity index is 1.62. The summed E-state index contributed by atoms with van der Waals surface area (Å²) in [7, 11) is 0. The summed E-state index contributed by atoms with van der Waals surface area (Å²) in [5, 5.41) is 14.9. The van der Waals surface area contributed by atoms with E-state index in [2.05, 4.69) is 5.32 Å². The Hall–Kier alpha value is -2.57. The minimum absolute atomic E-state index is 0.0822. The molecular weight excluding hydrogens is 428 g/mol. The first-order valence-electron chi connectivity index (χ1n) is 10.7. The zero-order valence-electron chi connectivity index (χ0n) is 19.0. The molecule has 2 aromatic carbocycles. The molecule has 2 amide bonds. The SMILES string of the molecule is CC(C)(CC(=O)N1CCC(O)(c2ccc(Cl)cc2)C(C)(C)C1)NC(=O)Oc1ccccc1. The molecule has 0 aliphatic carbocycles. The van der Waals surface area contributed by atoms with Crippen LogP contribution in [0.3, 0.4) is 0 Å². The van der Waals surface area contributed by atoms with Crippen LogP contribution in [0.5, 0.6) is 5.75 Å². The maximum Gasteiger partial charge on any atom is 0.413 e. The molecule has 1 saturated heterocycles. The van der Waals surface area contributed by atoms with Crippen molar-refractivity contribution >= 4 is 23.6 Å². The lowest BCUT2D eigenvalue weighted by atomic mass is 9.66. The molecule has 1 heterocycles. The van der Waals surface area contributed by atoms with Crippen LogP contribution >= 0.6 is 11.6 Å². The third-order valence-corrected chi connectivity index (χ3v) is 6.36. The van der Waals surface area contributed by atoms with Crippen LogP contribution in [0.1, 0.15) is 46.1 Å². The lowest BCUT2D eigenvalue weighted by Crippen LogP contribution is -2.58. The molecule has 0 radical (unpaired) electrons. The van der Waals surface area contributed by atoms with Crippen molar-refractivity contribution in [2.45, 2.75) is 51.7 Å². The zero-order chi connectivity index (χ0) is 23.6. The highest BCUT2D eigenvalue weighted by atomic mass is 35.5. The molecule has 7 heteroatoms. The minimum atomic E-state index is -1.07. The number of hydrogen-bond acceptors (Lipinski definition) is 4. The number of halogens is 1. The van der Waals surface area contributed by atoms with Crippen molar-refractivity contribution in [3.05, 3.63) is 65.2 Å². The molecule has 1 aliphatic rings. The van der Waals surface area contributed by atoms with E-state index in [-0.39, 0.29) is 12.3 Å². The largest absolute Gasteiger partial charge is 0.413 e. The molecule has 1 aliphatic heterocycles. The number of nitrogens with one attached hydrogen (secondary N) is 1. The fraction of sp³-hybridized carbons (Fsp3) is 0.440. The quantitative estimate of drug-likeness (QED) is 0.678. The number of rotatable bonds is 5.